The number of likely N-dealkylation sites (tertiary alicyclic amines) is 1. The summed E-state index contributed by atoms with van der Waals surface area (Å²) in [5, 5.41) is 6.16. The first-order valence-corrected chi connectivity index (χ1v) is 12.4. The summed E-state index contributed by atoms with van der Waals surface area (Å²) >= 11 is 0. The number of hydrogen-bond donors (Lipinski definition) is 2. The van der Waals surface area contributed by atoms with Crippen LogP contribution in [0, 0.1) is 18.8 Å². The Hall–Kier alpha value is -3.87. The van der Waals surface area contributed by atoms with E-state index in [2.05, 4.69) is 27.8 Å². The maximum Gasteiger partial charge on any atom is 0.257 e. The molecule has 1 aliphatic carbocycles. The van der Waals surface area contributed by atoms with E-state index in [1.54, 1.807) is 31.5 Å². The van der Waals surface area contributed by atoms with Gasteiger partial charge in [0.15, 0.2) is 0 Å². The monoisotopic (exact) mass is 484 g/mol. The number of amides is 2. The van der Waals surface area contributed by atoms with E-state index < -0.39 is 0 Å². The van der Waals surface area contributed by atoms with E-state index in [1.165, 1.54) is 5.56 Å². The zero-order valence-corrected chi connectivity index (χ0v) is 21.1. The highest BCUT2D eigenvalue weighted by Crippen LogP contribution is 2.58. The second kappa shape index (κ2) is 9.64. The van der Waals surface area contributed by atoms with Crippen LogP contribution in [0.15, 0.2) is 60.8 Å². The van der Waals surface area contributed by atoms with Crippen molar-refractivity contribution in [1.29, 1.82) is 0 Å². The van der Waals surface area contributed by atoms with Gasteiger partial charge in [0, 0.05) is 36.6 Å². The third kappa shape index (κ3) is 4.78. The fraction of sp³-hybridized carbons (Fsp3) is 0.345. The van der Waals surface area contributed by atoms with Gasteiger partial charge in [-0.05, 0) is 86.1 Å². The number of rotatable bonds is 7. The van der Waals surface area contributed by atoms with Gasteiger partial charge in [-0.3, -0.25) is 9.59 Å². The van der Waals surface area contributed by atoms with Crippen molar-refractivity contribution in [2.45, 2.75) is 32.7 Å². The van der Waals surface area contributed by atoms with Crippen molar-refractivity contribution >= 4 is 23.3 Å². The lowest BCUT2D eigenvalue weighted by atomic mass is 10.1. The largest absolute Gasteiger partial charge is 0.497 e. The van der Waals surface area contributed by atoms with E-state index in [0.717, 1.165) is 30.2 Å². The van der Waals surface area contributed by atoms with E-state index in [0.29, 0.717) is 34.6 Å². The van der Waals surface area contributed by atoms with Gasteiger partial charge in [-0.1, -0.05) is 18.2 Å². The second-order valence-corrected chi connectivity index (χ2v) is 10.1. The van der Waals surface area contributed by atoms with Crippen LogP contribution in [0.25, 0.3) is 0 Å². The predicted molar refractivity (Wildman–Crippen MR) is 141 cm³/mol. The average molecular weight is 485 g/mol. The van der Waals surface area contributed by atoms with Gasteiger partial charge in [0.05, 0.1) is 12.7 Å². The third-order valence-electron chi connectivity index (χ3n) is 7.18. The summed E-state index contributed by atoms with van der Waals surface area (Å²) in [6.45, 7) is 7.51. The SMILES string of the molecule is COc1ccc(C2[C@H]3CN(C(=O)c4ccc(C)c(NC(=O)c5ccc(NC(C)C)nc5)c4)C[C@@H]23)cc1. The van der Waals surface area contributed by atoms with Gasteiger partial charge in [-0.2, -0.15) is 0 Å². The lowest BCUT2D eigenvalue weighted by Crippen LogP contribution is -2.31. The van der Waals surface area contributed by atoms with Gasteiger partial charge < -0.3 is 20.3 Å². The van der Waals surface area contributed by atoms with E-state index in [1.807, 2.05) is 49.9 Å². The van der Waals surface area contributed by atoms with Crippen LogP contribution in [-0.4, -0.2) is 47.9 Å². The molecule has 1 aromatic heterocycles. The zero-order chi connectivity index (χ0) is 25.4. The number of nitrogens with one attached hydrogen (secondary N) is 2. The maximum absolute atomic E-state index is 13.3. The number of piperidine rings is 1. The standard InChI is InChI=1S/C29H32N4O3/c1-17(2)31-26-12-9-21(14-30-26)28(34)32-25-13-20(6-5-18(25)3)29(35)33-15-23-24(16-33)27(23)19-7-10-22(36-4)11-8-19/h5-14,17,23-24,27H,15-16H2,1-4H3,(H,30,31)(H,32,34)/t23-,24+,27?. The predicted octanol–water partition coefficient (Wildman–Crippen LogP) is 4.96. The minimum atomic E-state index is -0.254. The highest BCUT2D eigenvalue weighted by atomic mass is 16.5. The number of pyridine rings is 1. The molecule has 2 heterocycles. The van der Waals surface area contributed by atoms with Crippen LogP contribution >= 0.6 is 0 Å². The van der Waals surface area contributed by atoms with Crippen molar-refractivity contribution in [3.63, 3.8) is 0 Å². The normalized spacial score (nSPS) is 20.1. The molecule has 7 heteroatoms. The van der Waals surface area contributed by atoms with Gasteiger partial charge in [0.25, 0.3) is 11.8 Å². The van der Waals surface area contributed by atoms with Crippen LogP contribution < -0.4 is 15.4 Å². The summed E-state index contributed by atoms with van der Waals surface area (Å²) in [6, 6.07) is 17.6. The van der Waals surface area contributed by atoms with E-state index in [9.17, 15) is 9.59 Å². The summed E-state index contributed by atoms with van der Waals surface area (Å²) in [4.78, 5) is 32.3. The number of methoxy groups -OCH3 is 1. The summed E-state index contributed by atoms with van der Waals surface area (Å²) in [6.07, 6.45) is 1.56. The van der Waals surface area contributed by atoms with Crippen molar-refractivity contribution in [3.8, 4) is 5.75 Å². The van der Waals surface area contributed by atoms with Crippen molar-refractivity contribution in [2.75, 3.05) is 30.8 Å². The minimum absolute atomic E-state index is 0.0111. The molecule has 3 aromatic rings. The maximum atomic E-state index is 13.3. The Morgan fingerprint density at radius 2 is 1.69 bits per heavy atom. The highest BCUT2D eigenvalue weighted by Gasteiger charge is 2.57. The molecule has 5 rings (SSSR count). The first kappa shape index (κ1) is 23.9. The molecule has 3 atom stereocenters. The third-order valence-corrected chi connectivity index (χ3v) is 7.18. The van der Waals surface area contributed by atoms with Crippen LogP contribution in [0.1, 0.15) is 51.6 Å². The Morgan fingerprint density at radius 3 is 2.31 bits per heavy atom. The zero-order valence-electron chi connectivity index (χ0n) is 21.1. The quantitative estimate of drug-likeness (QED) is 0.495. The van der Waals surface area contributed by atoms with Gasteiger partial charge in [0.1, 0.15) is 11.6 Å². The molecule has 2 aromatic carbocycles. The smallest absolute Gasteiger partial charge is 0.257 e. The average Bonchev–Trinajstić information content (AvgIpc) is 3.37. The number of carbonyl (C=O) groups is 2. The van der Waals surface area contributed by atoms with Crippen molar-refractivity contribution in [1.82, 2.24) is 9.88 Å². The Morgan fingerprint density at radius 1 is 1.00 bits per heavy atom. The lowest BCUT2D eigenvalue weighted by molar-refractivity contribution is 0.0772. The Balaban J connectivity index is 1.22. The van der Waals surface area contributed by atoms with Crippen LogP contribution in [-0.2, 0) is 0 Å². The molecular weight excluding hydrogens is 452 g/mol. The highest BCUT2D eigenvalue weighted by molar-refractivity contribution is 6.05. The van der Waals surface area contributed by atoms with Crippen molar-refractivity contribution in [3.05, 3.63) is 83.0 Å². The number of aryl methyl sites for hydroxylation is 1. The number of nitrogens with zero attached hydrogens (tertiary/aromatic N) is 2. The fourth-order valence-corrected chi connectivity index (χ4v) is 5.19. The van der Waals surface area contributed by atoms with E-state index in [-0.39, 0.29) is 17.9 Å². The molecule has 0 spiro atoms. The lowest BCUT2D eigenvalue weighted by Gasteiger charge is -2.21. The molecule has 2 fully saturated rings. The molecule has 7 nitrogen and oxygen atoms in total. The number of fused-ring (bicyclic) bond motifs is 1. The number of anilines is 2. The molecule has 1 saturated heterocycles. The molecule has 0 bridgehead atoms. The molecule has 0 radical (unpaired) electrons. The molecule has 1 unspecified atom stereocenters. The van der Waals surface area contributed by atoms with Crippen LogP contribution in [0.4, 0.5) is 11.5 Å². The second-order valence-electron chi connectivity index (χ2n) is 10.1. The summed E-state index contributed by atoms with van der Waals surface area (Å²) < 4.78 is 5.26. The molecule has 1 saturated carbocycles. The fourth-order valence-electron chi connectivity index (χ4n) is 5.19. The Bertz CT molecular complexity index is 1260. The first-order valence-electron chi connectivity index (χ1n) is 12.4. The van der Waals surface area contributed by atoms with Crippen LogP contribution in [0.2, 0.25) is 0 Å². The van der Waals surface area contributed by atoms with E-state index in [4.69, 9.17) is 4.74 Å². The topological polar surface area (TPSA) is 83.6 Å². The number of benzene rings is 2. The number of aromatic nitrogens is 1. The number of ether oxygens (including phenoxy) is 1. The molecule has 186 valence electrons. The van der Waals surface area contributed by atoms with Gasteiger partial charge in [0.2, 0.25) is 0 Å². The first-order chi connectivity index (χ1) is 17.3. The molecule has 36 heavy (non-hydrogen) atoms. The summed E-state index contributed by atoms with van der Waals surface area (Å²) in [7, 11) is 1.67. The molecule has 1 aliphatic heterocycles. The summed E-state index contributed by atoms with van der Waals surface area (Å²) in [5.41, 5.74) is 3.91. The Labute approximate surface area is 211 Å². The molecule has 2 aliphatic rings. The van der Waals surface area contributed by atoms with Gasteiger partial charge in [-0.25, -0.2) is 4.98 Å². The van der Waals surface area contributed by atoms with Crippen LogP contribution in [0.3, 0.4) is 0 Å². The molecule has 2 N–H and O–H groups in total. The van der Waals surface area contributed by atoms with Crippen LogP contribution in [0.5, 0.6) is 5.75 Å². The van der Waals surface area contributed by atoms with Crippen molar-refractivity contribution in [2.24, 2.45) is 11.8 Å². The molecular formula is C29H32N4O3. The summed E-state index contributed by atoms with van der Waals surface area (Å²) in [5.74, 6) is 2.88. The van der Waals surface area contributed by atoms with Crippen molar-refractivity contribution < 1.29 is 14.3 Å². The van der Waals surface area contributed by atoms with Gasteiger partial charge in [-0.15, -0.1) is 0 Å². The Kier molecular flexibility index (Phi) is 6.39. The van der Waals surface area contributed by atoms with E-state index >= 15 is 0 Å². The molecule has 2 amide bonds. The number of hydrogen-bond acceptors (Lipinski definition) is 5. The van der Waals surface area contributed by atoms with Gasteiger partial charge >= 0.3 is 0 Å². The minimum Gasteiger partial charge on any atom is -0.497 e. The number of carbonyl (C=O) groups excluding carboxylic acids is 2.